The molecule has 0 aliphatic carbocycles. The van der Waals surface area contributed by atoms with Gasteiger partial charge < -0.3 is 5.32 Å². The minimum atomic E-state index is -0.272. The number of aryl methyl sites for hydroxylation is 1. The van der Waals surface area contributed by atoms with E-state index in [0.29, 0.717) is 10.8 Å². The Kier molecular flexibility index (Phi) is 4.11. The van der Waals surface area contributed by atoms with Gasteiger partial charge in [-0.25, -0.2) is 14.4 Å². The van der Waals surface area contributed by atoms with Crippen molar-refractivity contribution >= 4 is 44.7 Å². The first-order valence-electron chi connectivity index (χ1n) is 7.64. The molecular weight excluding hydrogens is 357 g/mol. The number of rotatable bonds is 3. The summed E-state index contributed by atoms with van der Waals surface area (Å²) in [5.74, 6) is 0.428. The summed E-state index contributed by atoms with van der Waals surface area (Å²) < 4.78 is 13.1. The number of nitrogens with zero attached hydrogens (tertiary/aromatic N) is 2. The van der Waals surface area contributed by atoms with Gasteiger partial charge in [0.05, 0.1) is 5.39 Å². The van der Waals surface area contributed by atoms with Crippen LogP contribution in [0.1, 0.15) is 4.88 Å². The third-order valence-corrected chi connectivity index (χ3v) is 5.17. The number of anilines is 2. The maximum Gasteiger partial charge on any atom is 0.143 e. The van der Waals surface area contributed by atoms with E-state index in [-0.39, 0.29) is 5.82 Å². The zero-order valence-corrected chi connectivity index (χ0v) is 14.8. The molecular formula is C19H13ClFN3S. The fraction of sp³-hybridized carbons (Fsp3) is 0.0526. The van der Waals surface area contributed by atoms with Gasteiger partial charge >= 0.3 is 0 Å². The zero-order chi connectivity index (χ0) is 17.4. The maximum atomic E-state index is 13.1. The van der Waals surface area contributed by atoms with Crippen LogP contribution in [0.25, 0.3) is 21.3 Å². The second-order valence-electron chi connectivity index (χ2n) is 5.57. The van der Waals surface area contributed by atoms with Crippen LogP contribution in [0.5, 0.6) is 0 Å². The summed E-state index contributed by atoms with van der Waals surface area (Å²) >= 11 is 7.64. The number of thiophene rings is 1. The minimum Gasteiger partial charge on any atom is -0.340 e. The average molecular weight is 370 g/mol. The molecule has 0 bridgehead atoms. The summed E-state index contributed by atoms with van der Waals surface area (Å²) in [6, 6.07) is 13.9. The van der Waals surface area contributed by atoms with Crippen LogP contribution in [0, 0.1) is 12.7 Å². The molecule has 0 fully saturated rings. The van der Waals surface area contributed by atoms with Gasteiger partial charge in [0, 0.05) is 21.2 Å². The molecule has 1 N–H and O–H groups in total. The summed E-state index contributed by atoms with van der Waals surface area (Å²) in [7, 11) is 0. The number of halogens is 2. The maximum absolute atomic E-state index is 13.1. The summed E-state index contributed by atoms with van der Waals surface area (Å²) in [5.41, 5.74) is 2.92. The first-order valence-corrected chi connectivity index (χ1v) is 8.84. The summed E-state index contributed by atoms with van der Waals surface area (Å²) in [4.78, 5) is 10.9. The molecule has 0 saturated heterocycles. The lowest BCUT2D eigenvalue weighted by Gasteiger charge is -2.09. The van der Waals surface area contributed by atoms with Crippen LogP contribution in [-0.4, -0.2) is 9.97 Å². The summed E-state index contributed by atoms with van der Waals surface area (Å²) in [6.07, 6.45) is 1.54. The van der Waals surface area contributed by atoms with E-state index in [2.05, 4.69) is 22.2 Å². The standard InChI is InChI=1S/C19H13ClFN3S/c1-11-16(12-2-4-13(20)5-3-12)17-18(22-10-23-19(17)25-11)24-15-8-6-14(21)7-9-15/h2-10H,1H3,(H,22,23,24). The van der Waals surface area contributed by atoms with Gasteiger partial charge in [-0.3, -0.25) is 0 Å². The summed E-state index contributed by atoms with van der Waals surface area (Å²) in [5, 5.41) is 4.92. The van der Waals surface area contributed by atoms with Crippen LogP contribution in [-0.2, 0) is 0 Å². The Bertz CT molecular complexity index is 1040. The molecule has 0 aliphatic rings. The normalized spacial score (nSPS) is 11.0. The third-order valence-electron chi connectivity index (χ3n) is 3.90. The van der Waals surface area contributed by atoms with Crippen molar-refractivity contribution in [1.82, 2.24) is 9.97 Å². The Morgan fingerprint density at radius 3 is 2.44 bits per heavy atom. The molecule has 0 unspecified atom stereocenters. The molecule has 4 aromatic rings. The molecule has 0 aliphatic heterocycles. The molecule has 4 rings (SSSR count). The predicted octanol–water partition coefficient (Wildman–Crippen LogP) is 6.20. The van der Waals surface area contributed by atoms with Crippen molar-refractivity contribution in [2.24, 2.45) is 0 Å². The van der Waals surface area contributed by atoms with Crippen LogP contribution in [0.2, 0.25) is 5.02 Å². The Morgan fingerprint density at radius 2 is 1.72 bits per heavy atom. The molecule has 0 saturated carbocycles. The van der Waals surface area contributed by atoms with E-state index in [4.69, 9.17) is 11.6 Å². The Balaban J connectivity index is 1.87. The van der Waals surface area contributed by atoms with Crippen LogP contribution in [0.3, 0.4) is 0 Å². The lowest BCUT2D eigenvalue weighted by atomic mass is 10.0. The average Bonchev–Trinajstić information content (AvgIpc) is 2.95. The zero-order valence-electron chi connectivity index (χ0n) is 13.3. The van der Waals surface area contributed by atoms with E-state index in [1.165, 1.54) is 18.5 Å². The molecule has 0 amide bonds. The number of fused-ring (bicyclic) bond motifs is 1. The third kappa shape index (κ3) is 3.08. The van der Waals surface area contributed by atoms with Gasteiger partial charge in [-0.05, 0) is 48.9 Å². The van der Waals surface area contributed by atoms with Crippen molar-refractivity contribution in [3.63, 3.8) is 0 Å². The molecule has 124 valence electrons. The topological polar surface area (TPSA) is 37.8 Å². The van der Waals surface area contributed by atoms with Crippen LogP contribution in [0.4, 0.5) is 15.9 Å². The van der Waals surface area contributed by atoms with E-state index in [9.17, 15) is 4.39 Å². The number of hydrogen-bond acceptors (Lipinski definition) is 4. The van der Waals surface area contributed by atoms with Gasteiger partial charge in [-0.1, -0.05) is 23.7 Å². The lowest BCUT2D eigenvalue weighted by Crippen LogP contribution is -1.95. The highest BCUT2D eigenvalue weighted by molar-refractivity contribution is 7.19. The molecule has 0 atom stereocenters. The number of hydrogen-bond donors (Lipinski definition) is 1. The quantitative estimate of drug-likeness (QED) is 0.467. The molecule has 0 spiro atoms. The van der Waals surface area contributed by atoms with E-state index < -0.39 is 0 Å². The molecule has 0 radical (unpaired) electrons. The summed E-state index contributed by atoms with van der Waals surface area (Å²) in [6.45, 7) is 2.07. The van der Waals surface area contributed by atoms with E-state index in [1.54, 1.807) is 23.5 Å². The Morgan fingerprint density at radius 1 is 1.00 bits per heavy atom. The van der Waals surface area contributed by atoms with Crippen molar-refractivity contribution in [3.8, 4) is 11.1 Å². The first-order chi connectivity index (χ1) is 12.1. The Labute approximate surface area is 153 Å². The molecule has 2 aromatic heterocycles. The van der Waals surface area contributed by atoms with Crippen molar-refractivity contribution in [2.75, 3.05) is 5.32 Å². The Hall–Kier alpha value is -2.50. The lowest BCUT2D eigenvalue weighted by molar-refractivity contribution is 0.628. The SMILES string of the molecule is Cc1sc2ncnc(Nc3ccc(F)cc3)c2c1-c1ccc(Cl)cc1. The van der Waals surface area contributed by atoms with Gasteiger partial charge in [-0.2, -0.15) is 0 Å². The van der Waals surface area contributed by atoms with E-state index in [0.717, 1.165) is 31.9 Å². The second-order valence-corrected chi connectivity index (χ2v) is 7.21. The largest absolute Gasteiger partial charge is 0.340 e. The van der Waals surface area contributed by atoms with Crippen LogP contribution >= 0.6 is 22.9 Å². The fourth-order valence-electron chi connectivity index (χ4n) is 2.77. The van der Waals surface area contributed by atoms with E-state index in [1.807, 2.05) is 24.3 Å². The van der Waals surface area contributed by atoms with Gasteiger partial charge in [0.25, 0.3) is 0 Å². The van der Waals surface area contributed by atoms with Crippen LogP contribution in [0.15, 0.2) is 54.9 Å². The first kappa shape index (κ1) is 16.0. The van der Waals surface area contributed by atoms with Gasteiger partial charge in [-0.15, -0.1) is 11.3 Å². The predicted molar refractivity (Wildman–Crippen MR) is 102 cm³/mol. The number of benzene rings is 2. The van der Waals surface area contributed by atoms with Crippen molar-refractivity contribution < 1.29 is 4.39 Å². The van der Waals surface area contributed by atoms with Crippen molar-refractivity contribution in [2.45, 2.75) is 6.92 Å². The van der Waals surface area contributed by atoms with Crippen molar-refractivity contribution in [1.29, 1.82) is 0 Å². The number of nitrogens with one attached hydrogen (secondary N) is 1. The van der Waals surface area contributed by atoms with Crippen molar-refractivity contribution in [3.05, 3.63) is 70.6 Å². The van der Waals surface area contributed by atoms with Gasteiger partial charge in [0.15, 0.2) is 0 Å². The smallest absolute Gasteiger partial charge is 0.143 e. The monoisotopic (exact) mass is 369 g/mol. The molecule has 6 heteroatoms. The fourth-order valence-corrected chi connectivity index (χ4v) is 3.91. The highest BCUT2D eigenvalue weighted by Crippen LogP contribution is 2.41. The molecule has 3 nitrogen and oxygen atoms in total. The molecule has 25 heavy (non-hydrogen) atoms. The van der Waals surface area contributed by atoms with E-state index >= 15 is 0 Å². The molecule has 2 aromatic carbocycles. The number of aromatic nitrogens is 2. The second kappa shape index (κ2) is 6.43. The highest BCUT2D eigenvalue weighted by Gasteiger charge is 2.16. The molecule has 2 heterocycles. The van der Waals surface area contributed by atoms with Gasteiger partial charge in [0.2, 0.25) is 0 Å². The van der Waals surface area contributed by atoms with Crippen LogP contribution < -0.4 is 5.32 Å². The minimum absolute atomic E-state index is 0.272. The highest BCUT2D eigenvalue weighted by atomic mass is 35.5. The van der Waals surface area contributed by atoms with Gasteiger partial charge in [0.1, 0.15) is 22.8 Å².